The minimum absolute atomic E-state index is 0.368. The van der Waals surface area contributed by atoms with Gasteiger partial charge in [0, 0.05) is 11.0 Å². The highest BCUT2D eigenvalue weighted by Gasteiger charge is 2.23. The summed E-state index contributed by atoms with van der Waals surface area (Å²) in [7, 11) is 0. The van der Waals surface area contributed by atoms with Gasteiger partial charge in [-0.05, 0) is 24.3 Å². The second-order valence-electron chi connectivity index (χ2n) is 3.55. The molecular formula is C13H13NO2S. The van der Waals surface area contributed by atoms with Crippen molar-refractivity contribution in [3.05, 3.63) is 47.0 Å². The average molecular weight is 247 g/mol. The summed E-state index contributed by atoms with van der Waals surface area (Å²) in [6.45, 7) is 2.09. The molecule has 4 heteroatoms. The standard InChI is InChI=1S/C13H13NO2S/c1-2-8-17-9-11-13(15)16-12(14-11)10-6-4-3-5-7-10/h3-7,9H,2,8H2,1H3. The maximum absolute atomic E-state index is 11.5. The van der Waals surface area contributed by atoms with E-state index in [9.17, 15) is 4.79 Å². The van der Waals surface area contributed by atoms with Crippen molar-refractivity contribution in [2.75, 3.05) is 5.75 Å². The van der Waals surface area contributed by atoms with E-state index < -0.39 is 0 Å². The summed E-state index contributed by atoms with van der Waals surface area (Å²) >= 11 is 1.58. The maximum Gasteiger partial charge on any atom is 0.364 e. The van der Waals surface area contributed by atoms with Crippen molar-refractivity contribution in [2.24, 2.45) is 4.99 Å². The van der Waals surface area contributed by atoms with Crippen LogP contribution in [0.15, 0.2) is 46.4 Å². The van der Waals surface area contributed by atoms with Gasteiger partial charge in [-0.25, -0.2) is 9.79 Å². The molecular weight excluding hydrogens is 234 g/mol. The van der Waals surface area contributed by atoms with Crippen LogP contribution in [0, 0.1) is 0 Å². The number of rotatable bonds is 4. The maximum atomic E-state index is 11.5. The second kappa shape index (κ2) is 5.68. The molecule has 0 fully saturated rings. The normalized spacial score (nSPS) is 17.1. The largest absolute Gasteiger partial charge is 0.402 e. The van der Waals surface area contributed by atoms with Gasteiger partial charge in [0.1, 0.15) is 0 Å². The first kappa shape index (κ1) is 11.9. The van der Waals surface area contributed by atoms with Gasteiger partial charge in [-0.15, -0.1) is 11.8 Å². The van der Waals surface area contributed by atoms with Gasteiger partial charge in [0.15, 0.2) is 5.70 Å². The van der Waals surface area contributed by atoms with Crippen LogP contribution in [0.4, 0.5) is 0 Å². The number of aliphatic imine (C=N–C) groups is 1. The Morgan fingerprint density at radius 2 is 2.12 bits per heavy atom. The van der Waals surface area contributed by atoms with Crippen molar-refractivity contribution >= 4 is 23.6 Å². The highest BCUT2D eigenvalue weighted by molar-refractivity contribution is 8.02. The van der Waals surface area contributed by atoms with Crippen LogP contribution >= 0.6 is 11.8 Å². The zero-order chi connectivity index (χ0) is 12.1. The molecule has 0 spiro atoms. The fraction of sp³-hybridized carbons (Fsp3) is 0.231. The summed E-state index contributed by atoms with van der Waals surface area (Å²) in [4.78, 5) is 15.7. The summed E-state index contributed by atoms with van der Waals surface area (Å²) in [6, 6.07) is 9.43. The lowest BCUT2D eigenvalue weighted by molar-refractivity contribution is -0.130. The number of carbonyl (C=O) groups excluding carboxylic acids is 1. The molecule has 1 aliphatic heterocycles. The molecule has 0 saturated heterocycles. The minimum Gasteiger partial charge on any atom is -0.402 e. The monoisotopic (exact) mass is 247 g/mol. The number of ether oxygens (including phenoxy) is 1. The fourth-order valence-electron chi connectivity index (χ4n) is 1.35. The van der Waals surface area contributed by atoms with Gasteiger partial charge in [-0.2, -0.15) is 0 Å². The molecule has 0 aliphatic carbocycles. The molecule has 3 nitrogen and oxygen atoms in total. The number of thioether (sulfide) groups is 1. The van der Waals surface area contributed by atoms with Crippen molar-refractivity contribution in [1.29, 1.82) is 0 Å². The topological polar surface area (TPSA) is 38.7 Å². The van der Waals surface area contributed by atoms with E-state index in [2.05, 4.69) is 11.9 Å². The summed E-state index contributed by atoms with van der Waals surface area (Å²) < 4.78 is 5.12. The summed E-state index contributed by atoms with van der Waals surface area (Å²) in [5.41, 5.74) is 1.21. The smallest absolute Gasteiger partial charge is 0.364 e. The van der Waals surface area contributed by atoms with Gasteiger partial charge >= 0.3 is 5.97 Å². The Bertz CT molecular complexity index is 466. The molecule has 0 aromatic heterocycles. The summed E-state index contributed by atoms with van der Waals surface area (Å²) in [6.07, 6.45) is 1.07. The van der Waals surface area contributed by atoms with E-state index in [4.69, 9.17) is 4.74 Å². The van der Waals surface area contributed by atoms with Crippen LogP contribution in [-0.2, 0) is 9.53 Å². The van der Waals surface area contributed by atoms with Crippen LogP contribution in [0.25, 0.3) is 0 Å². The Hall–Kier alpha value is -1.55. The highest BCUT2D eigenvalue weighted by Crippen LogP contribution is 2.19. The number of hydrogen-bond donors (Lipinski definition) is 0. The number of carbonyl (C=O) groups is 1. The van der Waals surface area contributed by atoms with E-state index in [1.165, 1.54) is 0 Å². The zero-order valence-corrected chi connectivity index (χ0v) is 10.4. The number of benzene rings is 1. The third-order valence-corrected chi connectivity index (χ3v) is 3.19. The SMILES string of the molecule is CCCSC=C1N=C(c2ccccc2)OC1=O. The minimum atomic E-state index is -0.368. The predicted octanol–water partition coefficient (Wildman–Crippen LogP) is 2.97. The van der Waals surface area contributed by atoms with Crippen LogP contribution in [0.5, 0.6) is 0 Å². The molecule has 2 rings (SSSR count). The molecule has 0 radical (unpaired) electrons. The zero-order valence-electron chi connectivity index (χ0n) is 9.55. The quantitative estimate of drug-likeness (QED) is 0.466. The molecule has 88 valence electrons. The van der Waals surface area contributed by atoms with Crippen LogP contribution in [0.1, 0.15) is 18.9 Å². The first-order valence-corrected chi connectivity index (χ1v) is 6.54. The van der Waals surface area contributed by atoms with Crippen LogP contribution < -0.4 is 0 Å². The molecule has 17 heavy (non-hydrogen) atoms. The number of hydrogen-bond acceptors (Lipinski definition) is 4. The summed E-state index contributed by atoms with van der Waals surface area (Å²) in [5, 5.41) is 1.77. The molecule has 0 saturated carbocycles. The Morgan fingerprint density at radius 1 is 1.35 bits per heavy atom. The second-order valence-corrected chi connectivity index (χ2v) is 4.52. The first-order chi connectivity index (χ1) is 8.31. The molecule has 1 aliphatic rings. The van der Waals surface area contributed by atoms with Gasteiger partial charge in [-0.1, -0.05) is 25.1 Å². The third-order valence-electron chi connectivity index (χ3n) is 2.16. The van der Waals surface area contributed by atoms with E-state index in [0.29, 0.717) is 11.6 Å². The Kier molecular flexibility index (Phi) is 3.98. The van der Waals surface area contributed by atoms with Crippen molar-refractivity contribution < 1.29 is 9.53 Å². The van der Waals surface area contributed by atoms with E-state index in [-0.39, 0.29) is 5.97 Å². The molecule has 0 amide bonds. The number of cyclic esters (lactones) is 1. The lowest BCUT2D eigenvalue weighted by atomic mass is 10.2. The van der Waals surface area contributed by atoms with Crippen molar-refractivity contribution in [1.82, 2.24) is 0 Å². The lowest BCUT2D eigenvalue weighted by Gasteiger charge is -1.97. The van der Waals surface area contributed by atoms with Crippen molar-refractivity contribution in [3.8, 4) is 0 Å². The molecule has 0 atom stereocenters. The van der Waals surface area contributed by atoms with Gasteiger partial charge in [-0.3, -0.25) is 0 Å². The van der Waals surface area contributed by atoms with E-state index in [1.54, 1.807) is 17.2 Å². The number of nitrogens with zero attached hydrogens (tertiary/aromatic N) is 1. The molecule has 0 N–H and O–H groups in total. The van der Waals surface area contributed by atoms with Crippen molar-refractivity contribution in [2.45, 2.75) is 13.3 Å². The number of esters is 1. The Labute approximate surface area is 105 Å². The van der Waals surface area contributed by atoms with Gasteiger partial charge < -0.3 is 4.74 Å². The average Bonchev–Trinajstić information content (AvgIpc) is 2.73. The van der Waals surface area contributed by atoms with Crippen LogP contribution in [0.2, 0.25) is 0 Å². The van der Waals surface area contributed by atoms with E-state index in [0.717, 1.165) is 17.7 Å². The first-order valence-electron chi connectivity index (χ1n) is 5.49. The summed E-state index contributed by atoms with van der Waals surface area (Å²) in [5.74, 6) is 0.999. The Balaban J connectivity index is 2.14. The molecule has 1 heterocycles. The van der Waals surface area contributed by atoms with E-state index >= 15 is 0 Å². The predicted molar refractivity (Wildman–Crippen MR) is 69.9 cm³/mol. The van der Waals surface area contributed by atoms with E-state index in [1.807, 2.05) is 30.3 Å². The highest BCUT2D eigenvalue weighted by atomic mass is 32.2. The van der Waals surface area contributed by atoms with Gasteiger partial charge in [0.25, 0.3) is 0 Å². The van der Waals surface area contributed by atoms with Gasteiger partial charge in [0.2, 0.25) is 5.90 Å². The molecule has 0 unspecified atom stereocenters. The molecule has 1 aromatic carbocycles. The van der Waals surface area contributed by atoms with Gasteiger partial charge in [0.05, 0.1) is 0 Å². The third kappa shape index (κ3) is 2.97. The van der Waals surface area contributed by atoms with Crippen LogP contribution in [0.3, 0.4) is 0 Å². The molecule has 0 bridgehead atoms. The Morgan fingerprint density at radius 3 is 2.82 bits per heavy atom. The molecule has 1 aromatic rings. The van der Waals surface area contributed by atoms with Crippen LogP contribution in [-0.4, -0.2) is 17.6 Å². The lowest BCUT2D eigenvalue weighted by Crippen LogP contribution is -2.04. The van der Waals surface area contributed by atoms with Crippen molar-refractivity contribution in [3.63, 3.8) is 0 Å². The fourth-order valence-corrected chi connectivity index (χ4v) is 2.01.